The van der Waals surface area contributed by atoms with E-state index in [1.807, 2.05) is 24.3 Å². The second-order valence-electron chi connectivity index (χ2n) is 4.08. The molecular weight excluding hydrogens is 304 g/mol. The van der Waals surface area contributed by atoms with Gasteiger partial charge >= 0.3 is 0 Å². The van der Waals surface area contributed by atoms with E-state index in [1.54, 1.807) is 6.20 Å². The summed E-state index contributed by atoms with van der Waals surface area (Å²) >= 11 is 3.41. The van der Waals surface area contributed by atoms with E-state index in [0.29, 0.717) is 5.82 Å². The Morgan fingerprint density at radius 2 is 1.84 bits per heavy atom. The van der Waals surface area contributed by atoms with Gasteiger partial charge in [-0.25, -0.2) is 4.98 Å². The van der Waals surface area contributed by atoms with E-state index < -0.39 is 0 Å². The summed E-state index contributed by atoms with van der Waals surface area (Å²) in [5.41, 5.74) is 6.59. The number of aromatic nitrogens is 2. The number of nitrogen functional groups attached to an aromatic ring is 1. The maximum Gasteiger partial charge on any atom is 0.222 e. The van der Waals surface area contributed by atoms with E-state index in [0.717, 1.165) is 15.5 Å². The lowest BCUT2D eigenvalue weighted by Gasteiger charge is -2.10. The third-order valence-electron chi connectivity index (χ3n) is 2.81. The molecule has 0 spiro atoms. The Kier molecular flexibility index (Phi) is 3.05. The number of rotatable bonds is 2. The number of nitrogens with zero attached hydrogens (tertiary/aromatic N) is 2. The second kappa shape index (κ2) is 4.85. The number of halogens is 1. The lowest BCUT2D eigenvalue weighted by molar-refractivity contribution is 1.17. The van der Waals surface area contributed by atoms with Crippen LogP contribution in [0.4, 0.5) is 17.5 Å². The molecule has 2 aromatic carbocycles. The summed E-state index contributed by atoms with van der Waals surface area (Å²) in [7, 11) is 0. The fraction of sp³-hybridized carbons (Fsp3) is 0. The Morgan fingerprint density at radius 1 is 1.05 bits per heavy atom. The summed E-state index contributed by atoms with van der Waals surface area (Å²) in [6.45, 7) is 0. The number of fused-ring (bicyclic) bond motifs is 1. The van der Waals surface area contributed by atoms with Crippen molar-refractivity contribution in [2.45, 2.75) is 0 Å². The zero-order valence-electron chi connectivity index (χ0n) is 9.97. The molecule has 0 atom stereocenters. The van der Waals surface area contributed by atoms with Crippen LogP contribution in [0.15, 0.2) is 53.1 Å². The molecule has 1 heterocycles. The van der Waals surface area contributed by atoms with Gasteiger partial charge in [0.2, 0.25) is 5.95 Å². The standard InChI is InChI=1S/C14H11BrN4/c15-11-8-17-14(16)19-13(11)18-12-7-3-5-9-4-1-2-6-10(9)12/h1-8H,(H3,16,17,18,19). The van der Waals surface area contributed by atoms with Crippen LogP contribution in [0, 0.1) is 0 Å². The second-order valence-corrected chi connectivity index (χ2v) is 4.93. The van der Waals surface area contributed by atoms with Crippen LogP contribution >= 0.6 is 15.9 Å². The van der Waals surface area contributed by atoms with Crippen LogP contribution in [0.1, 0.15) is 0 Å². The molecule has 1 aromatic heterocycles. The van der Waals surface area contributed by atoms with Gasteiger partial charge in [-0.1, -0.05) is 36.4 Å². The molecule has 4 nitrogen and oxygen atoms in total. The van der Waals surface area contributed by atoms with Gasteiger partial charge in [0, 0.05) is 17.3 Å². The molecule has 0 saturated carbocycles. The van der Waals surface area contributed by atoms with Crippen molar-refractivity contribution in [1.82, 2.24) is 9.97 Å². The highest BCUT2D eigenvalue weighted by Crippen LogP contribution is 2.28. The fourth-order valence-electron chi connectivity index (χ4n) is 1.93. The van der Waals surface area contributed by atoms with E-state index >= 15 is 0 Å². The minimum Gasteiger partial charge on any atom is -0.368 e. The van der Waals surface area contributed by atoms with Crippen LogP contribution in [-0.4, -0.2) is 9.97 Å². The first-order valence-corrected chi connectivity index (χ1v) is 6.56. The molecule has 0 amide bonds. The fourth-order valence-corrected chi connectivity index (χ4v) is 2.22. The summed E-state index contributed by atoms with van der Waals surface area (Å²) in [6, 6.07) is 14.3. The largest absolute Gasteiger partial charge is 0.368 e. The zero-order chi connectivity index (χ0) is 13.2. The maximum absolute atomic E-state index is 5.61. The van der Waals surface area contributed by atoms with E-state index in [-0.39, 0.29) is 5.95 Å². The molecule has 0 aliphatic carbocycles. The number of anilines is 3. The van der Waals surface area contributed by atoms with Crippen LogP contribution < -0.4 is 11.1 Å². The Morgan fingerprint density at radius 3 is 2.74 bits per heavy atom. The minimum absolute atomic E-state index is 0.242. The van der Waals surface area contributed by atoms with Crippen molar-refractivity contribution in [3.8, 4) is 0 Å². The van der Waals surface area contributed by atoms with Crippen molar-refractivity contribution in [2.24, 2.45) is 0 Å². The molecule has 0 radical (unpaired) electrons. The Bertz CT molecular complexity index is 737. The normalized spacial score (nSPS) is 10.6. The monoisotopic (exact) mass is 314 g/mol. The predicted octanol–water partition coefficient (Wildman–Crippen LogP) is 3.72. The van der Waals surface area contributed by atoms with E-state index in [1.165, 1.54) is 5.39 Å². The molecule has 19 heavy (non-hydrogen) atoms. The molecule has 0 aliphatic heterocycles. The predicted molar refractivity (Wildman–Crippen MR) is 81.4 cm³/mol. The Balaban J connectivity index is 2.08. The van der Waals surface area contributed by atoms with Crippen molar-refractivity contribution in [3.05, 3.63) is 53.1 Å². The number of nitrogens with two attached hydrogens (primary N) is 1. The molecule has 3 rings (SSSR count). The van der Waals surface area contributed by atoms with Crippen molar-refractivity contribution >= 4 is 44.2 Å². The highest BCUT2D eigenvalue weighted by Gasteiger charge is 2.06. The number of hydrogen-bond donors (Lipinski definition) is 2. The molecule has 5 heteroatoms. The molecule has 0 saturated heterocycles. The summed E-state index contributed by atoms with van der Waals surface area (Å²) in [5.74, 6) is 0.898. The molecule has 94 valence electrons. The average molecular weight is 315 g/mol. The molecule has 0 fully saturated rings. The van der Waals surface area contributed by atoms with Gasteiger partial charge in [-0.15, -0.1) is 0 Å². The van der Waals surface area contributed by atoms with Crippen molar-refractivity contribution in [2.75, 3.05) is 11.1 Å². The SMILES string of the molecule is Nc1ncc(Br)c(Nc2cccc3ccccc23)n1. The van der Waals surface area contributed by atoms with Crippen LogP contribution in [0.3, 0.4) is 0 Å². The van der Waals surface area contributed by atoms with Crippen LogP contribution in [0.5, 0.6) is 0 Å². The summed E-state index contributed by atoms with van der Waals surface area (Å²) < 4.78 is 0.773. The van der Waals surface area contributed by atoms with Gasteiger partial charge < -0.3 is 11.1 Å². The van der Waals surface area contributed by atoms with Gasteiger partial charge in [-0.05, 0) is 27.4 Å². The lowest BCUT2D eigenvalue weighted by atomic mass is 10.1. The van der Waals surface area contributed by atoms with E-state index in [9.17, 15) is 0 Å². The van der Waals surface area contributed by atoms with E-state index in [2.05, 4.69) is 49.4 Å². The first-order valence-electron chi connectivity index (χ1n) is 5.77. The van der Waals surface area contributed by atoms with Gasteiger partial charge in [0.1, 0.15) is 5.82 Å². The van der Waals surface area contributed by atoms with E-state index in [4.69, 9.17) is 5.73 Å². The third-order valence-corrected chi connectivity index (χ3v) is 3.39. The van der Waals surface area contributed by atoms with Crippen molar-refractivity contribution < 1.29 is 0 Å². The van der Waals surface area contributed by atoms with Crippen molar-refractivity contribution in [3.63, 3.8) is 0 Å². The summed E-state index contributed by atoms with van der Waals surface area (Å²) in [5, 5.41) is 5.58. The van der Waals surface area contributed by atoms with Gasteiger partial charge in [-0.3, -0.25) is 0 Å². The smallest absolute Gasteiger partial charge is 0.222 e. The molecular formula is C14H11BrN4. The Labute approximate surface area is 118 Å². The number of hydrogen-bond acceptors (Lipinski definition) is 4. The van der Waals surface area contributed by atoms with Gasteiger partial charge in [-0.2, -0.15) is 4.98 Å². The molecule has 0 bridgehead atoms. The molecule has 3 aromatic rings. The number of nitrogens with one attached hydrogen (secondary N) is 1. The maximum atomic E-state index is 5.61. The number of benzene rings is 2. The third kappa shape index (κ3) is 2.37. The topological polar surface area (TPSA) is 63.8 Å². The van der Waals surface area contributed by atoms with Gasteiger partial charge in [0.05, 0.1) is 4.47 Å². The van der Waals surface area contributed by atoms with Gasteiger partial charge in [0.15, 0.2) is 0 Å². The quantitative estimate of drug-likeness (QED) is 0.756. The minimum atomic E-state index is 0.242. The lowest BCUT2D eigenvalue weighted by Crippen LogP contribution is -2.00. The molecule has 0 aliphatic rings. The van der Waals surface area contributed by atoms with Crippen molar-refractivity contribution in [1.29, 1.82) is 0 Å². The average Bonchev–Trinajstić information content (AvgIpc) is 2.43. The summed E-state index contributed by atoms with van der Waals surface area (Å²) in [6.07, 6.45) is 1.63. The highest BCUT2D eigenvalue weighted by molar-refractivity contribution is 9.10. The van der Waals surface area contributed by atoms with Crippen LogP contribution in [0.25, 0.3) is 10.8 Å². The molecule has 3 N–H and O–H groups in total. The highest BCUT2D eigenvalue weighted by atomic mass is 79.9. The first kappa shape index (κ1) is 11.9. The summed E-state index contributed by atoms with van der Waals surface area (Å²) in [4.78, 5) is 8.11. The van der Waals surface area contributed by atoms with Gasteiger partial charge in [0.25, 0.3) is 0 Å². The zero-order valence-corrected chi connectivity index (χ0v) is 11.6. The first-order chi connectivity index (χ1) is 9.24. The Hall–Kier alpha value is -2.14. The van der Waals surface area contributed by atoms with Crippen LogP contribution in [-0.2, 0) is 0 Å². The van der Waals surface area contributed by atoms with Crippen LogP contribution in [0.2, 0.25) is 0 Å². The molecule has 0 unspecified atom stereocenters.